The van der Waals surface area contributed by atoms with Crippen molar-refractivity contribution in [1.29, 1.82) is 0 Å². The third-order valence-corrected chi connectivity index (χ3v) is 4.84. The summed E-state index contributed by atoms with van der Waals surface area (Å²) < 4.78 is 6.76. The van der Waals surface area contributed by atoms with E-state index in [0.717, 1.165) is 11.1 Å². The van der Waals surface area contributed by atoms with Gasteiger partial charge in [-0.25, -0.2) is 4.79 Å². The summed E-state index contributed by atoms with van der Waals surface area (Å²) in [7, 11) is 1.59. The number of H-pyrrole nitrogens is 1. The number of benzene rings is 1. The predicted octanol–water partition coefficient (Wildman–Crippen LogP) is 2.04. The molecule has 0 spiro atoms. The Balaban J connectivity index is 1.80. The number of hydrogen-bond acceptors (Lipinski definition) is 4. The number of carbonyl (C=O) groups is 1. The van der Waals surface area contributed by atoms with Crippen LogP contribution in [-0.4, -0.2) is 50.9 Å². The number of carboxylic acid groups (broad SMARTS) is 1. The summed E-state index contributed by atoms with van der Waals surface area (Å²) in [5.74, 6) is 0.772. The van der Waals surface area contributed by atoms with Crippen LogP contribution in [-0.2, 0) is 0 Å². The number of ether oxygens (including phenoxy) is 1. The Morgan fingerprint density at radius 1 is 1.36 bits per heavy atom. The molecule has 3 heterocycles. The van der Waals surface area contributed by atoms with Crippen molar-refractivity contribution in [2.24, 2.45) is 0 Å². The standard InChI is InChI=1S/C17H18N4O4/c1-25-13-4-2-3-11-15(13)16-18-12(9-14(22)21(16)19-11)10-5-7-20(8-6-10)17(23)24/h2-4,9-10,18H,5-8H2,1H3,(H,23,24). The number of aromatic amines is 1. The molecule has 0 aliphatic carbocycles. The first-order valence-electron chi connectivity index (χ1n) is 8.15. The minimum atomic E-state index is -0.895. The van der Waals surface area contributed by atoms with Crippen molar-refractivity contribution in [3.63, 3.8) is 0 Å². The lowest BCUT2D eigenvalue weighted by molar-refractivity contribution is 0.131. The van der Waals surface area contributed by atoms with Crippen molar-refractivity contribution >= 4 is 22.6 Å². The number of hydrogen-bond donors (Lipinski definition) is 2. The third-order valence-electron chi connectivity index (χ3n) is 4.84. The lowest BCUT2D eigenvalue weighted by Gasteiger charge is -2.29. The first-order chi connectivity index (χ1) is 12.1. The van der Waals surface area contributed by atoms with Gasteiger partial charge in [-0.2, -0.15) is 9.61 Å². The van der Waals surface area contributed by atoms with Crippen molar-refractivity contribution in [2.75, 3.05) is 20.2 Å². The molecule has 25 heavy (non-hydrogen) atoms. The van der Waals surface area contributed by atoms with Gasteiger partial charge in [0, 0.05) is 30.8 Å². The minimum absolute atomic E-state index is 0.118. The van der Waals surface area contributed by atoms with Gasteiger partial charge < -0.3 is 19.7 Å². The summed E-state index contributed by atoms with van der Waals surface area (Å²) in [6.45, 7) is 0.938. The minimum Gasteiger partial charge on any atom is -0.496 e. The van der Waals surface area contributed by atoms with Crippen LogP contribution in [0.2, 0.25) is 0 Å². The fourth-order valence-corrected chi connectivity index (χ4v) is 3.52. The Labute approximate surface area is 142 Å². The third kappa shape index (κ3) is 2.50. The normalized spacial score (nSPS) is 15.8. The molecule has 8 nitrogen and oxygen atoms in total. The zero-order valence-electron chi connectivity index (χ0n) is 13.7. The van der Waals surface area contributed by atoms with Gasteiger partial charge in [0.15, 0.2) is 0 Å². The van der Waals surface area contributed by atoms with E-state index in [1.807, 2.05) is 18.2 Å². The molecule has 1 aromatic carbocycles. The highest BCUT2D eigenvalue weighted by Gasteiger charge is 2.25. The molecule has 4 rings (SSSR count). The van der Waals surface area contributed by atoms with Gasteiger partial charge in [-0.1, -0.05) is 6.07 Å². The van der Waals surface area contributed by atoms with Crippen LogP contribution in [0.25, 0.3) is 16.6 Å². The van der Waals surface area contributed by atoms with E-state index >= 15 is 0 Å². The largest absolute Gasteiger partial charge is 0.496 e. The number of rotatable bonds is 2. The van der Waals surface area contributed by atoms with Crippen LogP contribution in [0.5, 0.6) is 5.75 Å². The molecule has 0 radical (unpaired) electrons. The summed E-state index contributed by atoms with van der Waals surface area (Å²) in [6, 6.07) is 7.07. The first kappa shape index (κ1) is 15.5. The molecule has 2 aromatic heterocycles. The Kier molecular flexibility index (Phi) is 3.60. The second kappa shape index (κ2) is 5.80. The lowest BCUT2D eigenvalue weighted by Crippen LogP contribution is -2.37. The number of likely N-dealkylation sites (tertiary alicyclic amines) is 1. The van der Waals surface area contributed by atoms with Crippen LogP contribution in [0.1, 0.15) is 24.5 Å². The van der Waals surface area contributed by atoms with E-state index in [9.17, 15) is 9.59 Å². The molecule has 3 aromatic rings. The van der Waals surface area contributed by atoms with Crippen molar-refractivity contribution in [3.05, 3.63) is 40.3 Å². The average Bonchev–Trinajstić information content (AvgIpc) is 3.01. The summed E-state index contributed by atoms with van der Waals surface area (Å²) in [5.41, 5.74) is 1.90. The molecule has 1 saturated heterocycles. The maximum Gasteiger partial charge on any atom is 0.407 e. The predicted molar refractivity (Wildman–Crippen MR) is 91.4 cm³/mol. The molecule has 1 amide bonds. The summed E-state index contributed by atoms with van der Waals surface area (Å²) in [6.07, 6.45) is 0.470. The highest BCUT2D eigenvalue weighted by molar-refractivity contribution is 5.97. The van der Waals surface area contributed by atoms with E-state index < -0.39 is 6.09 Å². The van der Waals surface area contributed by atoms with Crippen molar-refractivity contribution in [1.82, 2.24) is 19.5 Å². The van der Waals surface area contributed by atoms with Crippen LogP contribution >= 0.6 is 0 Å². The van der Waals surface area contributed by atoms with E-state index in [4.69, 9.17) is 9.84 Å². The Bertz CT molecular complexity index is 1010. The zero-order chi connectivity index (χ0) is 17.6. The maximum absolute atomic E-state index is 12.5. The number of nitrogens with zero attached hydrogens (tertiary/aromatic N) is 3. The van der Waals surface area contributed by atoms with Gasteiger partial charge in [-0.05, 0) is 25.0 Å². The summed E-state index contributed by atoms with van der Waals surface area (Å²) in [4.78, 5) is 28.3. The van der Waals surface area contributed by atoms with E-state index in [0.29, 0.717) is 42.8 Å². The quantitative estimate of drug-likeness (QED) is 0.742. The highest BCUT2D eigenvalue weighted by Crippen LogP contribution is 2.30. The van der Waals surface area contributed by atoms with Gasteiger partial charge in [-0.15, -0.1) is 0 Å². The molecule has 8 heteroatoms. The van der Waals surface area contributed by atoms with Gasteiger partial charge in [0.05, 0.1) is 18.0 Å². The van der Waals surface area contributed by atoms with Gasteiger partial charge in [0.25, 0.3) is 5.56 Å². The van der Waals surface area contributed by atoms with Crippen LogP contribution in [0, 0.1) is 0 Å². The topological polar surface area (TPSA) is 99.9 Å². The monoisotopic (exact) mass is 342 g/mol. The van der Waals surface area contributed by atoms with Crippen LogP contribution in [0.3, 0.4) is 0 Å². The average molecular weight is 342 g/mol. The molecule has 0 unspecified atom stereocenters. The molecule has 1 aliphatic heterocycles. The van der Waals surface area contributed by atoms with Crippen molar-refractivity contribution in [3.8, 4) is 5.75 Å². The highest BCUT2D eigenvalue weighted by atomic mass is 16.5. The van der Waals surface area contributed by atoms with Crippen LogP contribution < -0.4 is 10.3 Å². The number of aromatic nitrogens is 3. The molecular formula is C17H18N4O4. The molecule has 1 aliphatic rings. The molecular weight excluding hydrogens is 324 g/mol. The molecule has 0 atom stereocenters. The van der Waals surface area contributed by atoms with E-state index in [1.54, 1.807) is 13.2 Å². The maximum atomic E-state index is 12.5. The van der Waals surface area contributed by atoms with Crippen LogP contribution in [0.15, 0.2) is 29.1 Å². The van der Waals surface area contributed by atoms with Gasteiger partial charge in [-0.3, -0.25) is 4.79 Å². The Hall–Kier alpha value is -3.03. The summed E-state index contributed by atoms with van der Waals surface area (Å²) >= 11 is 0. The van der Waals surface area contributed by atoms with Crippen LogP contribution in [0.4, 0.5) is 4.79 Å². The molecule has 130 valence electrons. The number of amides is 1. The van der Waals surface area contributed by atoms with Gasteiger partial charge >= 0.3 is 6.09 Å². The lowest BCUT2D eigenvalue weighted by atomic mass is 9.93. The van der Waals surface area contributed by atoms with E-state index in [2.05, 4.69) is 10.1 Å². The molecule has 0 bridgehead atoms. The fourth-order valence-electron chi connectivity index (χ4n) is 3.52. The van der Waals surface area contributed by atoms with Crippen molar-refractivity contribution < 1.29 is 14.6 Å². The number of piperidine rings is 1. The SMILES string of the molecule is COc1cccc2nn3c(=O)cc(C4CCN(C(=O)O)CC4)[nH]c3c12. The molecule has 1 fully saturated rings. The second-order valence-electron chi connectivity index (χ2n) is 6.22. The molecule has 0 saturated carbocycles. The second-order valence-corrected chi connectivity index (χ2v) is 6.22. The number of methoxy groups -OCH3 is 1. The van der Waals surface area contributed by atoms with E-state index in [-0.39, 0.29) is 11.5 Å². The Morgan fingerprint density at radius 2 is 2.12 bits per heavy atom. The molecule has 2 N–H and O–H groups in total. The Morgan fingerprint density at radius 3 is 2.80 bits per heavy atom. The van der Waals surface area contributed by atoms with Crippen molar-refractivity contribution in [2.45, 2.75) is 18.8 Å². The first-order valence-corrected chi connectivity index (χ1v) is 8.15. The van der Waals surface area contributed by atoms with Gasteiger partial charge in [0.2, 0.25) is 0 Å². The number of fused-ring (bicyclic) bond motifs is 3. The van der Waals surface area contributed by atoms with Gasteiger partial charge in [0.1, 0.15) is 11.4 Å². The smallest absolute Gasteiger partial charge is 0.407 e. The number of nitrogens with one attached hydrogen (secondary N) is 1. The fraction of sp³-hybridized carbons (Fsp3) is 0.353. The summed E-state index contributed by atoms with van der Waals surface area (Å²) in [5, 5.41) is 14.2. The van der Waals surface area contributed by atoms with E-state index in [1.165, 1.54) is 9.42 Å². The zero-order valence-corrected chi connectivity index (χ0v) is 13.7.